The van der Waals surface area contributed by atoms with E-state index < -0.39 is 0 Å². The summed E-state index contributed by atoms with van der Waals surface area (Å²) in [6.45, 7) is 9.28. The van der Waals surface area contributed by atoms with E-state index in [1.807, 2.05) is 11.3 Å². The van der Waals surface area contributed by atoms with Crippen LogP contribution in [0.3, 0.4) is 0 Å². The van der Waals surface area contributed by atoms with Crippen LogP contribution in [-0.4, -0.2) is 25.8 Å². The number of rotatable bonds is 10. The van der Waals surface area contributed by atoms with Gasteiger partial charge in [-0.2, -0.15) is 0 Å². The van der Waals surface area contributed by atoms with Crippen molar-refractivity contribution in [1.82, 2.24) is 5.32 Å². The third-order valence-electron chi connectivity index (χ3n) is 3.01. The Balaban J connectivity index is 2.42. The summed E-state index contributed by atoms with van der Waals surface area (Å²) in [6, 6.07) is 5.10. The number of hydrogen-bond acceptors (Lipinski definition) is 3. The van der Waals surface area contributed by atoms with Crippen LogP contribution in [0.15, 0.2) is 12.1 Å². The first-order valence-corrected chi connectivity index (χ1v) is 8.00. The summed E-state index contributed by atoms with van der Waals surface area (Å²) in [5.41, 5.74) is 0. The minimum absolute atomic E-state index is 0.555. The van der Waals surface area contributed by atoms with E-state index >= 15 is 0 Å². The second-order valence-electron chi connectivity index (χ2n) is 4.56. The molecule has 0 aliphatic heterocycles. The van der Waals surface area contributed by atoms with Crippen LogP contribution in [0.25, 0.3) is 0 Å². The highest BCUT2D eigenvalue weighted by molar-refractivity contribution is 7.11. The Bertz CT molecular complexity index is 311. The molecule has 0 aliphatic rings. The molecule has 1 rings (SSSR count). The summed E-state index contributed by atoms with van der Waals surface area (Å²) < 4.78 is 5.47. The number of hydrogen-bond donors (Lipinski definition) is 1. The first kappa shape index (κ1) is 15.7. The lowest BCUT2D eigenvalue weighted by Gasteiger charge is -2.17. The third kappa shape index (κ3) is 5.98. The average Bonchev–Trinajstić information content (AvgIpc) is 2.83. The van der Waals surface area contributed by atoms with Crippen molar-refractivity contribution in [1.29, 1.82) is 0 Å². The molecule has 0 fully saturated rings. The highest BCUT2D eigenvalue weighted by atomic mass is 32.1. The summed E-state index contributed by atoms with van der Waals surface area (Å²) >= 11 is 1.95. The van der Waals surface area contributed by atoms with Crippen LogP contribution in [0.2, 0.25) is 0 Å². The van der Waals surface area contributed by atoms with Gasteiger partial charge in [0.05, 0.1) is 0 Å². The van der Waals surface area contributed by atoms with Crippen LogP contribution in [0.5, 0.6) is 0 Å². The lowest BCUT2D eigenvalue weighted by atomic mass is 10.1. The predicted molar refractivity (Wildman–Crippen MR) is 80.6 cm³/mol. The summed E-state index contributed by atoms with van der Waals surface area (Å²) in [6.07, 6.45) is 4.58. The molecule has 0 radical (unpaired) electrons. The maximum absolute atomic E-state index is 5.47. The standard InChI is InChI=1S/C15H27NOS/c1-4-10-16-13(9-11-17-6-3)12-15-8-7-14(5-2)18-15/h7-8,13,16H,4-6,9-12H2,1-3H3. The molecule has 0 aliphatic carbocycles. The number of ether oxygens (including phenoxy) is 1. The Kier molecular flexibility index (Phi) is 8.31. The molecular weight excluding hydrogens is 242 g/mol. The molecule has 3 heteroatoms. The minimum atomic E-state index is 0.555. The van der Waals surface area contributed by atoms with Crippen LogP contribution in [-0.2, 0) is 17.6 Å². The molecule has 1 N–H and O–H groups in total. The van der Waals surface area contributed by atoms with Crippen molar-refractivity contribution in [3.63, 3.8) is 0 Å². The largest absolute Gasteiger partial charge is 0.382 e. The maximum atomic E-state index is 5.47. The third-order valence-corrected chi connectivity index (χ3v) is 4.26. The molecule has 0 saturated heterocycles. The van der Waals surface area contributed by atoms with E-state index in [9.17, 15) is 0 Å². The van der Waals surface area contributed by atoms with E-state index in [1.165, 1.54) is 16.2 Å². The van der Waals surface area contributed by atoms with Crippen molar-refractivity contribution in [3.8, 4) is 0 Å². The van der Waals surface area contributed by atoms with Crippen LogP contribution in [0.4, 0.5) is 0 Å². The molecule has 1 aromatic heterocycles. The average molecular weight is 269 g/mol. The zero-order chi connectivity index (χ0) is 13.2. The van der Waals surface area contributed by atoms with Gasteiger partial charge in [-0.05, 0) is 51.3 Å². The zero-order valence-electron chi connectivity index (χ0n) is 12.0. The SMILES string of the molecule is CCCNC(CCOCC)Cc1ccc(CC)s1. The van der Waals surface area contributed by atoms with Crippen LogP contribution >= 0.6 is 11.3 Å². The minimum Gasteiger partial charge on any atom is -0.382 e. The molecule has 0 saturated carbocycles. The van der Waals surface area contributed by atoms with Gasteiger partial charge in [-0.15, -0.1) is 11.3 Å². The smallest absolute Gasteiger partial charge is 0.0480 e. The predicted octanol–water partition coefficient (Wildman–Crippen LogP) is 3.65. The molecule has 0 bridgehead atoms. The molecule has 0 aromatic carbocycles. The monoisotopic (exact) mass is 269 g/mol. The molecule has 18 heavy (non-hydrogen) atoms. The maximum Gasteiger partial charge on any atom is 0.0480 e. The quantitative estimate of drug-likeness (QED) is 0.655. The Labute approximate surface area is 116 Å². The van der Waals surface area contributed by atoms with E-state index in [0.29, 0.717) is 6.04 Å². The van der Waals surface area contributed by atoms with Crippen molar-refractivity contribution in [2.75, 3.05) is 19.8 Å². The molecule has 1 atom stereocenters. The van der Waals surface area contributed by atoms with Crippen LogP contribution in [0.1, 0.15) is 43.4 Å². The zero-order valence-corrected chi connectivity index (χ0v) is 12.8. The van der Waals surface area contributed by atoms with Crippen LogP contribution in [0, 0.1) is 0 Å². The van der Waals surface area contributed by atoms with Gasteiger partial charge in [0.25, 0.3) is 0 Å². The first-order valence-electron chi connectivity index (χ1n) is 7.18. The van der Waals surface area contributed by atoms with E-state index in [-0.39, 0.29) is 0 Å². The van der Waals surface area contributed by atoms with Crippen molar-refractivity contribution >= 4 is 11.3 Å². The van der Waals surface area contributed by atoms with Gasteiger partial charge >= 0.3 is 0 Å². The topological polar surface area (TPSA) is 21.3 Å². The molecule has 1 aromatic rings. The Morgan fingerprint density at radius 3 is 2.61 bits per heavy atom. The van der Waals surface area contributed by atoms with Gasteiger partial charge in [-0.25, -0.2) is 0 Å². The van der Waals surface area contributed by atoms with Crippen molar-refractivity contribution in [3.05, 3.63) is 21.9 Å². The lowest BCUT2D eigenvalue weighted by molar-refractivity contribution is 0.136. The van der Waals surface area contributed by atoms with Crippen molar-refractivity contribution in [2.45, 2.75) is 52.5 Å². The highest BCUT2D eigenvalue weighted by Gasteiger charge is 2.10. The molecule has 104 valence electrons. The van der Waals surface area contributed by atoms with Crippen LogP contribution < -0.4 is 5.32 Å². The Morgan fingerprint density at radius 2 is 2.00 bits per heavy atom. The number of thiophene rings is 1. The van der Waals surface area contributed by atoms with Gasteiger partial charge in [0.2, 0.25) is 0 Å². The molecule has 1 heterocycles. The van der Waals surface area contributed by atoms with Gasteiger partial charge in [0.15, 0.2) is 0 Å². The fourth-order valence-corrected chi connectivity index (χ4v) is 3.00. The van der Waals surface area contributed by atoms with Crippen molar-refractivity contribution < 1.29 is 4.74 Å². The van der Waals surface area contributed by atoms with E-state index in [1.54, 1.807) is 0 Å². The van der Waals surface area contributed by atoms with E-state index in [2.05, 4.69) is 38.2 Å². The summed E-state index contributed by atoms with van der Waals surface area (Å²) in [4.78, 5) is 2.99. The number of aryl methyl sites for hydroxylation is 1. The highest BCUT2D eigenvalue weighted by Crippen LogP contribution is 2.19. The molecule has 2 nitrogen and oxygen atoms in total. The van der Waals surface area contributed by atoms with Gasteiger partial charge in [-0.1, -0.05) is 13.8 Å². The van der Waals surface area contributed by atoms with E-state index in [4.69, 9.17) is 4.74 Å². The van der Waals surface area contributed by atoms with Gasteiger partial charge < -0.3 is 10.1 Å². The summed E-state index contributed by atoms with van der Waals surface area (Å²) in [5, 5.41) is 3.63. The fraction of sp³-hybridized carbons (Fsp3) is 0.733. The lowest BCUT2D eigenvalue weighted by Crippen LogP contribution is -2.32. The van der Waals surface area contributed by atoms with Gasteiger partial charge in [0, 0.05) is 29.0 Å². The van der Waals surface area contributed by atoms with Gasteiger partial charge in [0.1, 0.15) is 0 Å². The molecular formula is C15H27NOS. The Morgan fingerprint density at radius 1 is 1.22 bits per heavy atom. The Hall–Kier alpha value is -0.380. The first-order chi connectivity index (χ1) is 8.80. The second kappa shape index (κ2) is 9.54. The van der Waals surface area contributed by atoms with Gasteiger partial charge in [-0.3, -0.25) is 0 Å². The molecule has 0 spiro atoms. The second-order valence-corrected chi connectivity index (χ2v) is 5.82. The molecule has 0 amide bonds. The summed E-state index contributed by atoms with van der Waals surface area (Å²) in [5.74, 6) is 0. The normalized spacial score (nSPS) is 12.8. The summed E-state index contributed by atoms with van der Waals surface area (Å²) in [7, 11) is 0. The van der Waals surface area contributed by atoms with E-state index in [0.717, 1.165) is 39.0 Å². The molecule has 1 unspecified atom stereocenters. The van der Waals surface area contributed by atoms with Crippen molar-refractivity contribution in [2.24, 2.45) is 0 Å². The number of nitrogens with one attached hydrogen (secondary N) is 1. The fourth-order valence-electron chi connectivity index (χ4n) is 1.96.